The highest BCUT2D eigenvalue weighted by molar-refractivity contribution is 8.26. The third-order valence-electron chi connectivity index (χ3n) is 3.51. The highest BCUT2D eigenvalue weighted by Crippen LogP contribution is 2.32. The molecule has 0 saturated carbocycles. The van der Waals surface area contributed by atoms with E-state index in [0.717, 1.165) is 11.8 Å². The second-order valence-electron chi connectivity index (χ2n) is 5.34. The zero-order valence-electron chi connectivity index (χ0n) is 13.9. The molecule has 1 fully saturated rings. The summed E-state index contributed by atoms with van der Waals surface area (Å²) in [6.45, 7) is 0.108. The summed E-state index contributed by atoms with van der Waals surface area (Å²) in [7, 11) is 0. The van der Waals surface area contributed by atoms with Crippen molar-refractivity contribution < 1.29 is 18.8 Å². The van der Waals surface area contributed by atoms with Gasteiger partial charge in [-0.2, -0.15) is 0 Å². The number of hydrazine groups is 1. The predicted molar refractivity (Wildman–Crippen MR) is 103 cm³/mol. The van der Waals surface area contributed by atoms with Crippen LogP contribution in [0, 0.1) is 0 Å². The van der Waals surface area contributed by atoms with Crippen LogP contribution in [0.3, 0.4) is 0 Å². The molecular formula is C17H14N4O4S2. The molecule has 2 aromatic heterocycles. The number of amides is 3. The van der Waals surface area contributed by atoms with Crippen LogP contribution in [0.2, 0.25) is 0 Å². The van der Waals surface area contributed by atoms with Crippen molar-refractivity contribution in [3.05, 3.63) is 59.2 Å². The molecule has 2 aromatic rings. The van der Waals surface area contributed by atoms with E-state index in [4.69, 9.17) is 16.6 Å². The second kappa shape index (κ2) is 8.60. The van der Waals surface area contributed by atoms with Crippen LogP contribution in [0.1, 0.15) is 22.5 Å². The van der Waals surface area contributed by atoms with Gasteiger partial charge in [0.15, 0.2) is 0 Å². The summed E-state index contributed by atoms with van der Waals surface area (Å²) < 4.78 is 5.56. The maximum atomic E-state index is 12.4. The van der Waals surface area contributed by atoms with Crippen LogP contribution >= 0.6 is 24.0 Å². The Labute approximate surface area is 164 Å². The highest BCUT2D eigenvalue weighted by atomic mass is 32.2. The number of aromatic nitrogens is 1. The molecule has 8 nitrogen and oxygen atoms in total. The van der Waals surface area contributed by atoms with Gasteiger partial charge in [-0.1, -0.05) is 24.0 Å². The number of nitrogens with zero attached hydrogens (tertiary/aromatic N) is 2. The summed E-state index contributed by atoms with van der Waals surface area (Å²) in [4.78, 5) is 41.8. The van der Waals surface area contributed by atoms with Gasteiger partial charge in [-0.3, -0.25) is 35.1 Å². The lowest BCUT2D eigenvalue weighted by molar-refractivity contribution is -0.124. The first-order valence-corrected chi connectivity index (χ1v) is 9.05. The summed E-state index contributed by atoms with van der Waals surface area (Å²) in [5, 5.41) is 0. The van der Waals surface area contributed by atoms with Crippen molar-refractivity contribution in [2.75, 3.05) is 6.54 Å². The van der Waals surface area contributed by atoms with Gasteiger partial charge in [0.25, 0.3) is 11.8 Å². The van der Waals surface area contributed by atoms with Crippen molar-refractivity contribution in [1.29, 1.82) is 0 Å². The first-order chi connectivity index (χ1) is 13.0. The molecule has 2 N–H and O–H groups in total. The monoisotopic (exact) mass is 402 g/mol. The third kappa shape index (κ3) is 4.80. The van der Waals surface area contributed by atoms with Crippen LogP contribution in [0.4, 0.5) is 0 Å². The maximum absolute atomic E-state index is 12.4. The van der Waals surface area contributed by atoms with Gasteiger partial charge < -0.3 is 4.42 Å². The SMILES string of the molecule is O=C(CCN1C(=O)/C(=C\c2ccco2)SC1=S)NNC(=O)c1ccncc1. The third-order valence-corrected chi connectivity index (χ3v) is 4.89. The van der Waals surface area contributed by atoms with Crippen LogP contribution < -0.4 is 10.9 Å². The Bertz CT molecular complexity index is 897. The quantitative estimate of drug-likeness (QED) is 0.446. The van der Waals surface area contributed by atoms with Crippen LogP contribution in [0.25, 0.3) is 6.08 Å². The zero-order chi connectivity index (χ0) is 19.2. The largest absolute Gasteiger partial charge is 0.465 e. The average Bonchev–Trinajstić information content (AvgIpc) is 3.28. The number of hydrogen-bond donors (Lipinski definition) is 2. The Morgan fingerprint density at radius 2 is 2.04 bits per heavy atom. The van der Waals surface area contributed by atoms with Crippen molar-refractivity contribution in [3.63, 3.8) is 0 Å². The molecule has 0 aromatic carbocycles. The molecule has 0 aliphatic carbocycles. The summed E-state index contributed by atoms with van der Waals surface area (Å²) in [5.74, 6) is -0.638. The van der Waals surface area contributed by atoms with E-state index < -0.39 is 11.8 Å². The number of rotatable bonds is 5. The van der Waals surface area contributed by atoms with Crippen LogP contribution in [0.5, 0.6) is 0 Å². The molecular weight excluding hydrogens is 388 g/mol. The molecule has 1 saturated heterocycles. The van der Waals surface area contributed by atoms with Crippen LogP contribution in [-0.4, -0.2) is 38.5 Å². The van der Waals surface area contributed by atoms with Crippen molar-refractivity contribution in [2.24, 2.45) is 0 Å². The summed E-state index contributed by atoms with van der Waals surface area (Å²) in [5.41, 5.74) is 4.98. The summed E-state index contributed by atoms with van der Waals surface area (Å²) >= 11 is 6.35. The molecule has 0 atom stereocenters. The zero-order valence-corrected chi connectivity index (χ0v) is 15.5. The standard InChI is InChI=1S/C17H14N4O4S2/c22-14(19-20-15(23)11-3-6-18-7-4-11)5-8-21-16(24)13(27-17(21)26)10-12-2-1-9-25-12/h1-4,6-7,9-10H,5,8H2,(H,19,22)(H,20,23)/b13-10+. The first-order valence-electron chi connectivity index (χ1n) is 7.82. The lowest BCUT2D eigenvalue weighted by Gasteiger charge is -2.14. The van der Waals surface area contributed by atoms with Crippen molar-refractivity contribution >= 4 is 52.1 Å². The summed E-state index contributed by atoms with van der Waals surface area (Å²) in [6, 6.07) is 6.49. The lowest BCUT2D eigenvalue weighted by atomic mass is 10.2. The number of carbonyl (C=O) groups excluding carboxylic acids is 3. The fraction of sp³-hybridized carbons (Fsp3) is 0.118. The second-order valence-corrected chi connectivity index (χ2v) is 7.01. The first kappa shape index (κ1) is 18.8. The van der Waals surface area contributed by atoms with E-state index in [1.165, 1.54) is 35.7 Å². The fourth-order valence-corrected chi connectivity index (χ4v) is 3.46. The van der Waals surface area contributed by atoms with Gasteiger partial charge in [-0.15, -0.1) is 0 Å². The number of thiocarbonyl (C=S) groups is 1. The molecule has 3 amide bonds. The van der Waals surface area contributed by atoms with Gasteiger partial charge in [-0.25, -0.2) is 0 Å². The average molecular weight is 402 g/mol. The number of carbonyl (C=O) groups is 3. The Hall–Kier alpha value is -2.98. The van der Waals surface area contributed by atoms with Crippen molar-refractivity contribution in [3.8, 4) is 0 Å². The number of hydrogen-bond acceptors (Lipinski definition) is 7. The molecule has 3 rings (SSSR count). The molecule has 138 valence electrons. The molecule has 0 unspecified atom stereocenters. The molecule has 0 bridgehead atoms. The van der Waals surface area contributed by atoms with Gasteiger partial charge >= 0.3 is 0 Å². The molecule has 27 heavy (non-hydrogen) atoms. The van der Waals surface area contributed by atoms with Gasteiger partial charge in [-0.05, 0) is 24.3 Å². The minimum atomic E-state index is -0.460. The molecule has 0 radical (unpaired) electrons. The van der Waals surface area contributed by atoms with E-state index >= 15 is 0 Å². The van der Waals surface area contributed by atoms with Crippen LogP contribution in [-0.2, 0) is 9.59 Å². The Morgan fingerprint density at radius 1 is 1.26 bits per heavy atom. The lowest BCUT2D eigenvalue weighted by Crippen LogP contribution is -2.43. The maximum Gasteiger partial charge on any atom is 0.269 e. The minimum Gasteiger partial charge on any atom is -0.465 e. The van der Waals surface area contributed by atoms with Gasteiger partial charge in [0.05, 0.1) is 11.2 Å². The molecule has 1 aliphatic rings. The molecule has 1 aliphatic heterocycles. The topological polar surface area (TPSA) is 105 Å². The number of nitrogens with one attached hydrogen (secondary N) is 2. The van der Waals surface area contributed by atoms with E-state index in [1.807, 2.05) is 0 Å². The summed E-state index contributed by atoms with van der Waals surface area (Å²) in [6.07, 6.45) is 6.05. The molecule has 0 spiro atoms. The Morgan fingerprint density at radius 3 is 2.74 bits per heavy atom. The van der Waals surface area contributed by atoms with E-state index in [0.29, 0.717) is 20.5 Å². The van der Waals surface area contributed by atoms with E-state index in [1.54, 1.807) is 18.2 Å². The number of furan rings is 1. The fourth-order valence-electron chi connectivity index (χ4n) is 2.17. The van der Waals surface area contributed by atoms with E-state index in [2.05, 4.69) is 15.8 Å². The smallest absolute Gasteiger partial charge is 0.269 e. The number of thioether (sulfide) groups is 1. The molecule has 3 heterocycles. The number of pyridine rings is 1. The van der Waals surface area contributed by atoms with E-state index in [-0.39, 0.29) is 18.9 Å². The minimum absolute atomic E-state index is 0.0168. The van der Waals surface area contributed by atoms with Crippen molar-refractivity contribution in [2.45, 2.75) is 6.42 Å². The van der Waals surface area contributed by atoms with Gasteiger partial charge in [0.2, 0.25) is 5.91 Å². The highest BCUT2D eigenvalue weighted by Gasteiger charge is 2.32. The van der Waals surface area contributed by atoms with E-state index in [9.17, 15) is 14.4 Å². The van der Waals surface area contributed by atoms with Gasteiger partial charge in [0.1, 0.15) is 10.1 Å². The van der Waals surface area contributed by atoms with Crippen molar-refractivity contribution in [1.82, 2.24) is 20.7 Å². The van der Waals surface area contributed by atoms with Gasteiger partial charge in [0, 0.05) is 37.0 Å². The van der Waals surface area contributed by atoms with Crippen LogP contribution in [0.15, 0.2) is 52.2 Å². The Kier molecular flexibility index (Phi) is 5.99. The Balaban J connectivity index is 1.49. The predicted octanol–water partition coefficient (Wildman–Crippen LogP) is 1.73. The normalized spacial score (nSPS) is 15.3. The molecule has 10 heteroatoms.